The fourth-order valence-electron chi connectivity index (χ4n) is 4.11. The lowest BCUT2D eigenvalue weighted by Crippen LogP contribution is -2.25. The van der Waals surface area contributed by atoms with Gasteiger partial charge in [-0.25, -0.2) is 0 Å². The molecule has 1 aromatic heterocycles. The number of nitro groups is 1. The first-order valence-corrected chi connectivity index (χ1v) is 13.6. The number of aryl methyl sites for hydroxylation is 5. The maximum atomic E-state index is 12.9. The fraction of sp³-hybridized carbons (Fsp3) is 0.241. The number of hydrogen-bond acceptors (Lipinski definition) is 7. The highest BCUT2D eigenvalue weighted by atomic mass is 32.2. The molecule has 3 aromatic carbocycles. The highest BCUT2D eigenvalue weighted by Gasteiger charge is 2.20. The van der Waals surface area contributed by atoms with Crippen molar-refractivity contribution in [3.05, 3.63) is 104 Å². The third-order valence-electron chi connectivity index (χ3n) is 6.38. The van der Waals surface area contributed by atoms with Crippen molar-refractivity contribution >= 4 is 35.0 Å². The molecule has 0 saturated carbocycles. The van der Waals surface area contributed by atoms with Crippen molar-refractivity contribution in [1.82, 2.24) is 20.1 Å². The number of carbonyl (C=O) groups excluding carboxylic acids is 2. The highest BCUT2D eigenvalue weighted by Crippen LogP contribution is 2.26. The van der Waals surface area contributed by atoms with Gasteiger partial charge in [-0.2, -0.15) is 0 Å². The molecule has 0 aliphatic carbocycles. The van der Waals surface area contributed by atoms with Crippen molar-refractivity contribution in [1.29, 1.82) is 0 Å². The molecule has 0 unspecified atom stereocenters. The smallest absolute Gasteiger partial charge is 0.273 e. The Labute approximate surface area is 236 Å². The van der Waals surface area contributed by atoms with E-state index in [2.05, 4.69) is 20.8 Å². The lowest BCUT2D eigenvalue weighted by atomic mass is 10.1. The molecule has 0 saturated heterocycles. The van der Waals surface area contributed by atoms with Gasteiger partial charge in [0, 0.05) is 22.9 Å². The summed E-state index contributed by atoms with van der Waals surface area (Å²) in [5.41, 5.74) is 6.14. The molecule has 0 atom stereocenters. The van der Waals surface area contributed by atoms with E-state index in [9.17, 15) is 19.7 Å². The number of hydrogen-bond donors (Lipinski definition) is 2. The molecule has 2 amide bonds. The molecular weight excluding hydrogens is 528 g/mol. The van der Waals surface area contributed by atoms with Gasteiger partial charge in [0.1, 0.15) is 0 Å². The Kier molecular flexibility index (Phi) is 8.64. The number of anilines is 1. The van der Waals surface area contributed by atoms with E-state index >= 15 is 0 Å². The number of carbonyl (C=O) groups is 2. The summed E-state index contributed by atoms with van der Waals surface area (Å²) in [6.07, 6.45) is 0. The summed E-state index contributed by atoms with van der Waals surface area (Å²) in [7, 11) is 0. The van der Waals surface area contributed by atoms with Crippen molar-refractivity contribution in [3.63, 3.8) is 0 Å². The van der Waals surface area contributed by atoms with Crippen LogP contribution in [-0.2, 0) is 11.3 Å². The van der Waals surface area contributed by atoms with Crippen LogP contribution < -0.4 is 10.6 Å². The molecule has 4 aromatic rings. The average molecular weight is 559 g/mol. The van der Waals surface area contributed by atoms with Crippen molar-refractivity contribution in [3.8, 4) is 5.69 Å². The molecule has 4 rings (SSSR count). The van der Waals surface area contributed by atoms with Gasteiger partial charge in [-0.05, 0) is 75.1 Å². The minimum atomic E-state index is -0.511. The number of benzene rings is 3. The second-order valence-electron chi connectivity index (χ2n) is 9.62. The average Bonchev–Trinajstić information content (AvgIpc) is 3.32. The Morgan fingerprint density at radius 3 is 2.30 bits per heavy atom. The van der Waals surface area contributed by atoms with Crippen LogP contribution in [0.5, 0.6) is 0 Å². The molecule has 0 aliphatic heterocycles. The first kappa shape index (κ1) is 28.5. The van der Waals surface area contributed by atoms with Crippen LogP contribution in [0.15, 0.2) is 59.8 Å². The summed E-state index contributed by atoms with van der Waals surface area (Å²) in [6.45, 7) is 9.49. The minimum Gasteiger partial charge on any atom is -0.345 e. The predicted octanol–water partition coefficient (Wildman–Crippen LogP) is 5.38. The summed E-state index contributed by atoms with van der Waals surface area (Å²) in [4.78, 5) is 36.5. The van der Waals surface area contributed by atoms with Crippen LogP contribution in [0.3, 0.4) is 0 Å². The number of amides is 2. The van der Waals surface area contributed by atoms with Gasteiger partial charge < -0.3 is 10.6 Å². The van der Waals surface area contributed by atoms with Gasteiger partial charge in [0.2, 0.25) is 5.91 Å². The Morgan fingerprint density at radius 1 is 0.900 bits per heavy atom. The molecule has 206 valence electrons. The molecule has 40 heavy (non-hydrogen) atoms. The van der Waals surface area contributed by atoms with E-state index in [1.807, 2.05) is 68.7 Å². The number of rotatable bonds is 9. The molecule has 0 aliphatic rings. The van der Waals surface area contributed by atoms with E-state index in [-0.39, 0.29) is 29.5 Å². The predicted molar refractivity (Wildman–Crippen MR) is 155 cm³/mol. The molecule has 10 nitrogen and oxygen atoms in total. The normalized spacial score (nSPS) is 10.8. The van der Waals surface area contributed by atoms with Crippen LogP contribution in [0.1, 0.15) is 44.0 Å². The SMILES string of the molecule is Cc1ccc(C)c(NC(=O)CSc2nnc(CNC(=O)c3ccc(C)c([N+](=O)[O-])c3)n2-c2cc(C)ccc2C)c1. The second-order valence-corrected chi connectivity index (χ2v) is 10.6. The Hall–Kier alpha value is -4.51. The molecule has 0 spiro atoms. The Morgan fingerprint density at radius 2 is 1.57 bits per heavy atom. The maximum Gasteiger partial charge on any atom is 0.273 e. The van der Waals surface area contributed by atoms with Gasteiger partial charge in [-0.3, -0.25) is 24.3 Å². The number of aromatic nitrogens is 3. The van der Waals surface area contributed by atoms with Gasteiger partial charge >= 0.3 is 0 Å². The van der Waals surface area contributed by atoms with Crippen molar-refractivity contribution in [2.45, 2.75) is 46.3 Å². The fourth-order valence-corrected chi connectivity index (χ4v) is 4.87. The molecule has 11 heteroatoms. The quantitative estimate of drug-likeness (QED) is 0.160. The Balaban J connectivity index is 1.56. The minimum absolute atomic E-state index is 0.0239. The summed E-state index contributed by atoms with van der Waals surface area (Å²) >= 11 is 1.24. The zero-order valence-corrected chi connectivity index (χ0v) is 23.8. The third-order valence-corrected chi connectivity index (χ3v) is 7.31. The van der Waals surface area contributed by atoms with E-state index in [0.29, 0.717) is 16.5 Å². The summed E-state index contributed by atoms with van der Waals surface area (Å²) < 4.78 is 1.83. The summed E-state index contributed by atoms with van der Waals surface area (Å²) in [6, 6.07) is 16.2. The lowest BCUT2D eigenvalue weighted by Gasteiger charge is -2.14. The monoisotopic (exact) mass is 558 g/mol. The van der Waals surface area contributed by atoms with Crippen molar-refractivity contribution < 1.29 is 14.5 Å². The molecule has 0 radical (unpaired) electrons. The summed E-state index contributed by atoms with van der Waals surface area (Å²) in [5, 5.41) is 26.2. The maximum absolute atomic E-state index is 12.9. The van der Waals surface area contributed by atoms with Gasteiger partial charge in [-0.15, -0.1) is 10.2 Å². The van der Waals surface area contributed by atoms with Gasteiger partial charge in [-0.1, -0.05) is 42.1 Å². The molecule has 0 fully saturated rings. The number of nitrogens with one attached hydrogen (secondary N) is 2. The first-order valence-electron chi connectivity index (χ1n) is 12.6. The second kappa shape index (κ2) is 12.1. The van der Waals surface area contributed by atoms with Crippen LogP contribution in [0.2, 0.25) is 0 Å². The van der Waals surface area contributed by atoms with E-state index in [1.54, 1.807) is 19.1 Å². The standard InChI is InChI=1S/C29H30N6O4S/c1-17-6-8-19(3)23(12-17)31-27(36)16-40-29-33-32-26(34(29)24-13-18(2)7-9-20(24)4)15-30-28(37)22-11-10-21(5)25(14-22)35(38)39/h6-14H,15-16H2,1-5H3,(H,30,37)(H,31,36). The van der Waals surface area contributed by atoms with E-state index in [0.717, 1.165) is 33.6 Å². The van der Waals surface area contributed by atoms with E-state index < -0.39 is 10.8 Å². The summed E-state index contributed by atoms with van der Waals surface area (Å²) in [5.74, 6) is -0.0812. The van der Waals surface area contributed by atoms with Crippen molar-refractivity contribution in [2.24, 2.45) is 0 Å². The van der Waals surface area contributed by atoms with Gasteiger partial charge in [0.25, 0.3) is 11.6 Å². The highest BCUT2D eigenvalue weighted by molar-refractivity contribution is 7.99. The molecular formula is C29H30N6O4S. The van der Waals surface area contributed by atoms with Crippen LogP contribution in [0.25, 0.3) is 5.69 Å². The van der Waals surface area contributed by atoms with Crippen LogP contribution in [-0.4, -0.2) is 37.3 Å². The molecule has 1 heterocycles. The third kappa shape index (κ3) is 6.55. The zero-order chi connectivity index (χ0) is 29.0. The largest absolute Gasteiger partial charge is 0.345 e. The van der Waals surface area contributed by atoms with Crippen LogP contribution in [0.4, 0.5) is 11.4 Å². The number of nitrogens with zero attached hydrogens (tertiary/aromatic N) is 4. The zero-order valence-electron chi connectivity index (χ0n) is 22.9. The van der Waals surface area contributed by atoms with Crippen molar-refractivity contribution in [2.75, 3.05) is 11.1 Å². The van der Waals surface area contributed by atoms with Gasteiger partial charge in [0.15, 0.2) is 11.0 Å². The molecule has 0 bridgehead atoms. The van der Waals surface area contributed by atoms with Crippen LogP contribution in [0, 0.1) is 44.7 Å². The molecule has 2 N–H and O–H groups in total. The number of thioether (sulfide) groups is 1. The Bertz CT molecular complexity index is 1610. The topological polar surface area (TPSA) is 132 Å². The first-order chi connectivity index (χ1) is 19.0. The van der Waals surface area contributed by atoms with E-state index in [4.69, 9.17) is 0 Å². The lowest BCUT2D eigenvalue weighted by molar-refractivity contribution is -0.385. The van der Waals surface area contributed by atoms with Crippen LogP contribution >= 0.6 is 11.8 Å². The number of nitro benzene ring substituents is 1. The van der Waals surface area contributed by atoms with E-state index in [1.165, 1.54) is 17.8 Å². The van der Waals surface area contributed by atoms with Gasteiger partial charge in [0.05, 0.1) is 22.9 Å².